The van der Waals surface area contributed by atoms with E-state index in [1.165, 1.54) is 65.4 Å². The first-order valence-corrected chi connectivity index (χ1v) is 22.2. The summed E-state index contributed by atoms with van der Waals surface area (Å²) < 4.78 is 13.0. The number of methoxy groups -OCH3 is 1. The van der Waals surface area contributed by atoms with Crippen LogP contribution >= 0.6 is 66.1 Å². The number of nitrogens with zero attached hydrogens (tertiary/aromatic N) is 6. The summed E-state index contributed by atoms with van der Waals surface area (Å²) in [5.74, 6) is 1.64. The number of likely N-dealkylation sites (tertiary alicyclic amines) is 2. The molecule has 4 aliphatic rings. The molecule has 1 N–H and O–H groups in total. The maximum atomic E-state index is 11.6. The van der Waals surface area contributed by atoms with Crippen LogP contribution < -0.4 is 14.5 Å². The van der Waals surface area contributed by atoms with Crippen LogP contribution in [0.2, 0.25) is 5.02 Å². The molecule has 3 aromatic rings. The Labute approximate surface area is 338 Å². The van der Waals surface area contributed by atoms with Gasteiger partial charge in [-0.05, 0) is 145 Å². The number of piperidine rings is 2. The maximum Gasteiger partial charge on any atom is 0.309 e. The SMILES string of the molecule is COC(=O)Cc1cc(Cl)cc(OCCC2CCN(c3ncc(Br)s3)CC2N2CCCC2)c1.OCCC1CCN(c2ncc(Br)s2)CC1N1CCCC1. The van der Waals surface area contributed by atoms with Crippen LogP contribution in [0.5, 0.6) is 5.75 Å². The van der Waals surface area contributed by atoms with Crippen LogP contribution in [-0.4, -0.2) is 116 Å². The van der Waals surface area contributed by atoms with Gasteiger partial charge in [0.2, 0.25) is 0 Å². The van der Waals surface area contributed by atoms with Gasteiger partial charge in [0.15, 0.2) is 10.3 Å². The molecule has 7 rings (SSSR count). The number of thiazole rings is 2. The van der Waals surface area contributed by atoms with Gasteiger partial charge < -0.3 is 24.4 Å². The molecule has 4 saturated heterocycles. The van der Waals surface area contributed by atoms with Gasteiger partial charge in [0.05, 0.1) is 40.1 Å². The van der Waals surface area contributed by atoms with Crippen molar-refractivity contribution >= 4 is 82.4 Å². The van der Waals surface area contributed by atoms with E-state index in [1.54, 1.807) is 28.7 Å². The molecule has 4 unspecified atom stereocenters. The van der Waals surface area contributed by atoms with E-state index >= 15 is 0 Å². The number of benzene rings is 1. The number of hydrogen-bond donors (Lipinski definition) is 1. The lowest BCUT2D eigenvalue weighted by atomic mass is 9.88. The third-order valence-corrected chi connectivity index (χ3v) is 14.2. The number of rotatable bonds is 12. The van der Waals surface area contributed by atoms with Gasteiger partial charge in [-0.25, -0.2) is 9.97 Å². The molecule has 15 heteroatoms. The fraction of sp³-hybridized carbons (Fsp3) is 0.649. The molecular weight excluding hydrogens is 852 g/mol. The molecule has 4 atom stereocenters. The van der Waals surface area contributed by atoms with Gasteiger partial charge in [-0.15, -0.1) is 0 Å². The molecule has 0 amide bonds. The highest BCUT2D eigenvalue weighted by Gasteiger charge is 2.36. The number of aromatic nitrogens is 2. The Balaban J connectivity index is 0.000000198. The van der Waals surface area contributed by atoms with Crippen LogP contribution in [0, 0.1) is 11.8 Å². The zero-order chi connectivity index (χ0) is 36.5. The Kier molecular flexibility index (Phi) is 15.4. The van der Waals surface area contributed by atoms with Crippen molar-refractivity contribution in [2.75, 3.05) is 82.5 Å². The zero-order valence-corrected chi connectivity index (χ0v) is 35.5. The predicted octanol–water partition coefficient (Wildman–Crippen LogP) is 7.61. The van der Waals surface area contributed by atoms with E-state index < -0.39 is 0 Å². The monoisotopic (exact) mass is 900 g/mol. The molecule has 4 aliphatic heterocycles. The standard InChI is InChI=1S/C23H29BrClN3O3S.C14H22BrN3OS/c1-30-22(29)12-16-10-18(25)13-19(11-16)31-9-5-17-4-8-28(23-26-14-21(24)32-23)15-20(17)27-6-2-3-7-27;15-13-9-16-14(20-13)18-7-3-11(4-8-19)12(10-18)17-5-1-2-6-17/h10-11,13-14,17,20H,2-9,12,15H2,1H3;9,11-12,19H,1-8,10H2. The quantitative estimate of drug-likeness (QED) is 0.183. The minimum Gasteiger partial charge on any atom is -0.494 e. The molecule has 2 aromatic heterocycles. The fourth-order valence-corrected chi connectivity index (χ4v) is 11.0. The van der Waals surface area contributed by atoms with Crippen LogP contribution in [0.3, 0.4) is 0 Å². The first kappa shape index (κ1) is 40.2. The van der Waals surface area contributed by atoms with Gasteiger partial charge in [0, 0.05) is 49.9 Å². The van der Waals surface area contributed by atoms with E-state index in [2.05, 4.69) is 61.4 Å². The predicted molar refractivity (Wildman–Crippen MR) is 218 cm³/mol. The zero-order valence-electron chi connectivity index (χ0n) is 29.9. The Hall–Kier alpha value is -1.52. The number of aliphatic hydroxyl groups is 1. The fourth-order valence-electron chi connectivity index (χ4n) is 8.28. The number of aliphatic hydroxyl groups excluding tert-OH is 1. The molecule has 0 aliphatic carbocycles. The van der Waals surface area contributed by atoms with Crippen LogP contribution in [0.25, 0.3) is 0 Å². The summed E-state index contributed by atoms with van der Waals surface area (Å²) in [6, 6.07) is 6.57. The number of halogens is 3. The number of anilines is 2. The van der Waals surface area contributed by atoms with Crippen molar-refractivity contribution in [2.24, 2.45) is 11.8 Å². The number of hydrogen-bond acceptors (Lipinski definition) is 12. The van der Waals surface area contributed by atoms with Crippen molar-refractivity contribution in [2.45, 2.75) is 69.9 Å². The van der Waals surface area contributed by atoms with Crippen molar-refractivity contribution in [1.82, 2.24) is 19.8 Å². The smallest absolute Gasteiger partial charge is 0.309 e. The van der Waals surface area contributed by atoms with E-state index in [1.807, 2.05) is 24.5 Å². The Bertz CT molecular complexity index is 1570. The van der Waals surface area contributed by atoms with Crippen LogP contribution in [0.15, 0.2) is 38.2 Å². The first-order valence-electron chi connectivity index (χ1n) is 18.6. The summed E-state index contributed by atoms with van der Waals surface area (Å²) in [5.41, 5.74) is 0.803. The summed E-state index contributed by atoms with van der Waals surface area (Å²) >= 11 is 16.7. The molecular formula is C37H51Br2ClN6O4S2. The molecule has 286 valence electrons. The minimum absolute atomic E-state index is 0.190. The summed E-state index contributed by atoms with van der Waals surface area (Å²) in [7, 11) is 1.39. The number of ether oxygens (including phenoxy) is 2. The van der Waals surface area contributed by atoms with Crippen molar-refractivity contribution in [1.29, 1.82) is 0 Å². The lowest BCUT2D eigenvalue weighted by Crippen LogP contribution is -2.52. The highest BCUT2D eigenvalue weighted by Crippen LogP contribution is 2.35. The summed E-state index contributed by atoms with van der Waals surface area (Å²) in [5, 5.41) is 12.1. The minimum atomic E-state index is -0.286. The number of carbonyl (C=O) groups is 1. The van der Waals surface area contributed by atoms with Gasteiger partial charge in [0.25, 0.3) is 0 Å². The van der Waals surface area contributed by atoms with Gasteiger partial charge in [0.1, 0.15) is 5.75 Å². The number of carbonyl (C=O) groups excluding carboxylic acids is 1. The maximum absolute atomic E-state index is 11.6. The van der Waals surface area contributed by atoms with Crippen LogP contribution in [0.4, 0.5) is 10.3 Å². The van der Waals surface area contributed by atoms with E-state index in [4.69, 9.17) is 21.1 Å². The van der Waals surface area contributed by atoms with E-state index in [-0.39, 0.29) is 12.4 Å². The average Bonchev–Trinajstić information content (AvgIpc) is 3.98. The van der Waals surface area contributed by atoms with E-state index in [9.17, 15) is 9.90 Å². The Morgan fingerprint density at radius 1 is 0.846 bits per heavy atom. The van der Waals surface area contributed by atoms with E-state index in [0.29, 0.717) is 47.9 Å². The Morgan fingerprint density at radius 2 is 1.38 bits per heavy atom. The van der Waals surface area contributed by atoms with Gasteiger partial charge in [-0.3, -0.25) is 14.6 Å². The second-order valence-electron chi connectivity index (χ2n) is 14.2. The Morgan fingerprint density at radius 3 is 1.87 bits per heavy atom. The number of esters is 1. The van der Waals surface area contributed by atoms with E-state index in [0.717, 1.165) is 68.8 Å². The normalized spacial score (nSPS) is 24.2. The van der Waals surface area contributed by atoms with Crippen LogP contribution in [-0.2, 0) is 16.0 Å². The topological polar surface area (TPSA) is 94.5 Å². The molecule has 52 heavy (non-hydrogen) atoms. The molecule has 0 radical (unpaired) electrons. The van der Waals surface area contributed by atoms with Crippen molar-refractivity contribution < 1.29 is 19.4 Å². The molecule has 1 aromatic carbocycles. The van der Waals surface area contributed by atoms with Crippen LogP contribution in [0.1, 0.15) is 56.9 Å². The summed E-state index contributed by atoms with van der Waals surface area (Å²) in [6.07, 6.45) is 13.4. The molecule has 0 saturated carbocycles. The lowest BCUT2D eigenvalue weighted by molar-refractivity contribution is -0.139. The summed E-state index contributed by atoms with van der Waals surface area (Å²) in [4.78, 5) is 30.8. The lowest BCUT2D eigenvalue weighted by Gasteiger charge is -2.43. The highest BCUT2D eigenvalue weighted by atomic mass is 79.9. The summed E-state index contributed by atoms with van der Waals surface area (Å²) in [6.45, 7) is 9.93. The first-order chi connectivity index (χ1) is 25.3. The van der Waals surface area contributed by atoms with Gasteiger partial charge in [-0.1, -0.05) is 34.3 Å². The van der Waals surface area contributed by atoms with Crippen molar-refractivity contribution in [3.8, 4) is 5.75 Å². The highest BCUT2D eigenvalue weighted by molar-refractivity contribution is 9.11. The molecule has 6 heterocycles. The second kappa shape index (κ2) is 19.9. The molecule has 4 fully saturated rings. The van der Waals surface area contributed by atoms with Gasteiger partial charge in [-0.2, -0.15) is 0 Å². The molecule has 0 spiro atoms. The third kappa shape index (κ3) is 11.0. The van der Waals surface area contributed by atoms with Crippen molar-refractivity contribution in [3.63, 3.8) is 0 Å². The molecule has 0 bridgehead atoms. The largest absolute Gasteiger partial charge is 0.494 e. The average molecular weight is 903 g/mol. The third-order valence-electron chi connectivity index (χ3n) is 10.9. The van der Waals surface area contributed by atoms with Gasteiger partial charge >= 0.3 is 5.97 Å². The van der Waals surface area contributed by atoms with Crippen molar-refractivity contribution in [3.05, 3.63) is 48.8 Å². The second-order valence-corrected chi connectivity index (χ2v) is 19.4. The molecule has 10 nitrogen and oxygen atoms in total.